The molecule has 0 radical (unpaired) electrons. The number of nitrogens with one attached hydrogen (secondary N) is 1. The van der Waals surface area contributed by atoms with Crippen molar-refractivity contribution in [3.05, 3.63) is 65.4 Å². The van der Waals surface area contributed by atoms with Crippen molar-refractivity contribution in [3.63, 3.8) is 0 Å². The number of ketones is 1. The molecular weight excluding hydrogens is 388 g/mol. The van der Waals surface area contributed by atoms with Crippen LogP contribution in [0.25, 0.3) is 17.0 Å². The maximum atomic E-state index is 13.1. The monoisotopic (exact) mass is 408 g/mol. The summed E-state index contributed by atoms with van der Waals surface area (Å²) >= 11 is 0. The molecule has 0 spiro atoms. The number of pyridine rings is 1. The minimum Gasteiger partial charge on any atom is -0.493 e. The van der Waals surface area contributed by atoms with E-state index in [0.29, 0.717) is 39.6 Å². The predicted molar refractivity (Wildman–Crippen MR) is 110 cm³/mol. The van der Waals surface area contributed by atoms with Gasteiger partial charge in [0, 0.05) is 22.6 Å². The molecule has 0 saturated carbocycles. The maximum Gasteiger partial charge on any atom is 0.267 e. The van der Waals surface area contributed by atoms with Crippen LogP contribution in [0.15, 0.2) is 48.5 Å². The smallest absolute Gasteiger partial charge is 0.267 e. The SMILES string of the molecule is COc1cc(C(=O)c2ccc3nc(/C=C/C(=O)NO)ccc3c2)cc(OC)c1OC. The van der Waals surface area contributed by atoms with E-state index >= 15 is 0 Å². The molecule has 8 nitrogen and oxygen atoms in total. The number of amides is 1. The van der Waals surface area contributed by atoms with Gasteiger partial charge < -0.3 is 14.2 Å². The van der Waals surface area contributed by atoms with Crippen molar-refractivity contribution in [2.24, 2.45) is 0 Å². The van der Waals surface area contributed by atoms with Gasteiger partial charge in [-0.3, -0.25) is 14.8 Å². The number of nitrogens with zero attached hydrogens (tertiary/aromatic N) is 1. The average molecular weight is 408 g/mol. The van der Waals surface area contributed by atoms with E-state index in [0.717, 1.165) is 11.5 Å². The lowest BCUT2D eigenvalue weighted by Crippen LogP contribution is -2.14. The fraction of sp³-hybridized carbons (Fsp3) is 0.136. The molecule has 0 bridgehead atoms. The second-order valence-electron chi connectivity index (χ2n) is 6.20. The Labute approximate surface area is 172 Å². The van der Waals surface area contributed by atoms with Crippen LogP contribution in [0.5, 0.6) is 17.2 Å². The quantitative estimate of drug-likeness (QED) is 0.268. The Bertz CT molecular complexity index is 1110. The standard InChI is InChI=1S/C22H20N2O6/c1-28-18-11-15(12-19(29-2)22(18)30-3)21(26)14-5-8-17-13(10-14)4-6-16(23-17)7-9-20(25)24-27/h4-12,27H,1-3H3,(H,24,25)/b9-7+. The molecule has 0 aliphatic heterocycles. The van der Waals surface area contributed by atoms with E-state index in [1.807, 2.05) is 0 Å². The predicted octanol–water partition coefficient (Wildman–Crippen LogP) is 3.01. The number of hydrogen-bond donors (Lipinski definition) is 2. The van der Waals surface area contributed by atoms with E-state index in [4.69, 9.17) is 19.4 Å². The maximum absolute atomic E-state index is 13.1. The van der Waals surface area contributed by atoms with Crippen molar-refractivity contribution in [2.45, 2.75) is 0 Å². The first kappa shape index (κ1) is 20.8. The van der Waals surface area contributed by atoms with E-state index in [1.54, 1.807) is 42.5 Å². The molecule has 0 unspecified atom stereocenters. The topological polar surface area (TPSA) is 107 Å². The molecular formula is C22H20N2O6. The van der Waals surface area contributed by atoms with Crippen molar-refractivity contribution >= 4 is 28.7 Å². The highest BCUT2D eigenvalue weighted by Crippen LogP contribution is 2.38. The number of hydrogen-bond acceptors (Lipinski definition) is 7. The van der Waals surface area contributed by atoms with E-state index < -0.39 is 5.91 Å². The molecule has 154 valence electrons. The molecule has 1 amide bonds. The van der Waals surface area contributed by atoms with E-state index in [1.165, 1.54) is 32.9 Å². The molecule has 1 aromatic heterocycles. The molecule has 2 N–H and O–H groups in total. The average Bonchev–Trinajstić information content (AvgIpc) is 2.80. The van der Waals surface area contributed by atoms with Crippen molar-refractivity contribution in [1.82, 2.24) is 10.5 Å². The summed E-state index contributed by atoms with van der Waals surface area (Å²) in [6, 6.07) is 11.8. The number of benzene rings is 2. The van der Waals surface area contributed by atoms with Crippen LogP contribution >= 0.6 is 0 Å². The molecule has 30 heavy (non-hydrogen) atoms. The fourth-order valence-electron chi connectivity index (χ4n) is 2.95. The van der Waals surface area contributed by atoms with Crippen LogP contribution in [-0.4, -0.2) is 43.2 Å². The van der Waals surface area contributed by atoms with Crippen LogP contribution in [0.3, 0.4) is 0 Å². The summed E-state index contributed by atoms with van der Waals surface area (Å²) in [7, 11) is 4.48. The van der Waals surface area contributed by atoms with Gasteiger partial charge in [0.25, 0.3) is 5.91 Å². The van der Waals surface area contributed by atoms with Crippen LogP contribution in [0.4, 0.5) is 0 Å². The zero-order chi connectivity index (χ0) is 21.7. The zero-order valence-electron chi connectivity index (χ0n) is 16.6. The van der Waals surface area contributed by atoms with E-state index in [-0.39, 0.29) is 5.78 Å². The molecule has 3 rings (SSSR count). The second-order valence-corrected chi connectivity index (χ2v) is 6.20. The third-order valence-corrected chi connectivity index (χ3v) is 4.42. The third-order valence-electron chi connectivity index (χ3n) is 4.42. The first-order valence-corrected chi connectivity index (χ1v) is 8.88. The third kappa shape index (κ3) is 4.23. The molecule has 0 aliphatic rings. The Balaban J connectivity index is 1.96. The van der Waals surface area contributed by atoms with Gasteiger partial charge in [0.15, 0.2) is 17.3 Å². The van der Waals surface area contributed by atoms with Gasteiger partial charge in [-0.15, -0.1) is 0 Å². The van der Waals surface area contributed by atoms with Crippen LogP contribution in [0, 0.1) is 0 Å². The van der Waals surface area contributed by atoms with E-state index in [9.17, 15) is 9.59 Å². The van der Waals surface area contributed by atoms with Gasteiger partial charge in [0.2, 0.25) is 5.75 Å². The number of ether oxygens (including phenoxy) is 3. The number of aromatic nitrogens is 1. The minimum atomic E-state index is -0.650. The summed E-state index contributed by atoms with van der Waals surface area (Å²) < 4.78 is 15.9. The molecule has 0 saturated heterocycles. The summed E-state index contributed by atoms with van der Waals surface area (Å²) in [6.45, 7) is 0. The molecule has 1 heterocycles. The van der Waals surface area contributed by atoms with Gasteiger partial charge in [0.1, 0.15) is 0 Å². The highest BCUT2D eigenvalue weighted by molar-refractivity contribution is 6.11. The number of fused-ring (bicyclic) bond motifs is 1. The fourth-order valence-corrected chi connectivity index (χ4v) is 2.95. The van der Waals surface area contributed by atoms with Gasteiger partial charge in [-0.1, -0.05) is 6.07 Å². The normalized spacial score (nSPS) is 10.8. The molecule has 0 atom stereocenters. The largest absolute Gasteiger partial charge is 0.493 e. The lowest BCUT2D eigenvalue weighted by Gasteiger charge is -2.14. The zero-order valence-corrected chi connectivity index (χ0v) is 16.6. The highest BCUT2D eigenvalue weighted by atomic mass is 16.5. The number of carbonyl (C=O) groups is 2. The number of methoxy groups -OCH3 is 3. The minimum absolute atomic E-state index is 0.209. The van der Waals surface area contributed by atoms with Crippen molar-refractivity contribution < 1.29 is 29.0 Å². The Morgan fingerprint density at radius 3 is 2.23 bits per heavy atom. The second kappa shape index (κ2) is 9.06. The van der Waals surface area contributed by atoms with Crippen molar-refractivity contribution in [3.8, 4) is 17.2 Å². The first-order valence-electron chi connectivity index (χ1n) is 8.88. The Morgan fingerprint density at radius 1 is 0.933 bits per heavy atom. The molecule has 0 fully saturated rings. The van der Waals surface area contributed by atoms with Gasteiger partial charge in [-0.2, -0.15) is 0 Å². The lowest BCUT2D eigenvalue weighted by atomic mass is 10.0. The lowest BCUT2D eigenvalue weighted by molar-refractivity contribution is -0.124. The van der Waals surface area contributed by atoms with Crippen LogP contribution in [0.2, 0.25) is 0 Å². The van der Waals surface area contributed by atoms with Gasteiger partial charge in [-0.25, -0.2) is 10.5 Å². The van der Waals surface area contributed by atoms with Crippen LogP contribution in [-0.2, 0) is 4.79 Å². The van der Waals surface area contributed by atoms with Gasteiger partial charge in [0.05, 0.1) is 32.5 Å². The molecule has 3 aromatic rings. The number of hydroxylamine groups is 1. The summed E-state index contributed by atoms with van der Waals surface area (Å²) in [5.41, 5.74) is 3.58. The molecule has 0 aliphatic carbocycles. The van der Waals surface area contributed by atoms with Crippen molar-refractivity contribution in [1.29, 1.82) is 0 Å². The van der Waals surface area contributed by atoms with Crippen LogP contribution in [0.1, 0.15) is 21.6 Å². The van der Waals surface area contributed by atoms with Gasteiger partial charge >= 0.3 is 0 Å². The summed E-state index contributed by atoms with van der Waals surface area (Å²) in [4.78, 5) is 28.6. The Kier molecular flexibility index (Phi) is 6.29. The number of rotatable bonds is 7. The highest BCUT2D eigenvalue weighted by Gasteiger charge is 2.18. The van der Waals surface area contributed by atoms with Gasteiger partial charge in [-0.05, 0) is 42.5 Å². The summed E-state index contributed by atoms with van der Waals surface area (Å²) in [5.74, 6) is 0.342. The Morgan fingerprint density at radius 2 is 1.63 bits per heavy atom. The molecule has 8 heteroatoms. The van der Waals surface area contributed by atoms with Crippen LogP contribution < -0.4 is 19.7 Å². The Hall–Kier alpha value is -3.91. The summed E-state index contributed by atoms with van der Waals surface area (Å²) in [5, 5.41) is 9.29. The molecule has 2 aromatic carbocycles. The first-order chi connectivity index (χ1) is 14.5. The number of carbonyl (C=O) groups excluding carboxylic acids is 2. The van der Waals surface area contributed by atoms with E-state index in [2.05, 4.69) is 4.98 Å². The summed E-state index contributed by atoms with van der Waals surface area (Å²) in [6.07, 6.45) is 2.64. The van der Waals surface area contributed by atoms with Crippen molar-refractivity contribution in [2.75, 3.05) is 21.3 Å².